The molecule has 1 rings (SSSR count). The minimum atomic E-state index is -3.39. The van der Waals surface area contributed by atoms with Crippen molar-refractivity contribution in [1.82, 2.24) is 4.72 Å². The summed E-state index contributed by atoms with van der Waals surface area (Å²) in [4.78, 5) is 1.15. The highest BCUT2D eigenvalue weighted by atomic mass is 79.9. The molecule has 0 aliphatic carbocycles. The van der Waals surface area contributed by atoms with E-state index in [9.17, 15) is 8.42 Å². The Balaban J connectivity index is 2.34. The van der Waals surface area contributed by atoms with Gasteiger partial charge < -0.3 is 4.74 Å². The Morgan fingerprint density at radius 2 is 2.05 bits per heavy atom. The van der Waals surface area contributed by atoms with Crippen LogP contribution in [0.3, 0.4) is 0 Å². The normalized spacial score (nSPS) is 11.9. The molecular weight excluding hydrogens is 350 g/mol. The molecule has 0 amide bonds. The predicted octanol–water partition coefficient (Wildman–Crippen LogP) is 3.30. The number of ether oxygens (including phenoxy) is 1. The number of rotatable bonds is 9. The molecule has 0 bridgehead atoms. The van der Waals surface area contributed by atoms with Gasteiger partial charge in [-0.05, 0) is 41.8 Å². The van der Waals surface area contributed by atoms with Gasteiger partial charge in [0.2, 0.25) is 10.0 Å². The van der Waals surface area contributed by atoms with Gasteiger partial charge in [-0.25, -0.2) is 13.1 Å². The van der Waals surface area contributed by atoms with E-state index in [2.05, 4.69) is 27.6 Å². The zero-order valence-corrected chi connectivity index (χ0v) is 14.5. The third-order valence-corrected chi connectivity index (χ3v) is 5.80. The van der Waals surface area contributed by atoms with Gasteiger partial charge in [0.1, 0.15) is 0 Å². The maximum absolute atomic E-state index is 12.0. The number of aryl methyl sites for hydroxylation is 1. The van der Waals surface area contributed by atoms with E-state index in [4.69, 9.17) is 4.74 Å². The van der Waals surface area contributed by atoms with E-state index < -0.39 is 10.0 Å². The number of nitrogens with one attached hydrogen (secondary N) is 1. The zero-order chi connectivity index (χ0) is 14.3. The Kier molecular flexibility index (Phi) is 7.53. The van der Waals surface area contributed by atoms with Crippen molar-refractivity contribution in [2.75, 3.05) is 19.8 Å². The smallest absolute Gasteiger partial charge is 0.241 e. The van der Waals surface area contributed by atoms with Gasteiger partial charge in [0, 0.05) is 24.6 Å². The van der Waals surface area contributed by atoms with Crippen LogP contribution in [0.15, 0.2) is 14.7 Å². The minimum absolute atomic E-state index is 0.358. The summed E-state index contributed by atoms with van der Waals surface area (Å²) < 4.78 is 32.9. The summed E-state index contributed by atoms with van der Waals surface area (Å²) in [6, 6.07) is 1.64. The third kappa shape index (κ3) is 5.91. The zero-order valence-electron chi connectivity index (χ0n) is 11.2. The molecule has 0 aliphatic rings. The molecule has 0 aliphatic heterocycles. The van der Waals surface area contributed by atoms with Gasteiger partial charge >= 0.3 is 0 Å². The summed E-state index contributed by atoms with van der Waals surface area (Å²) >= 11 is 4.72. The van der Waals surface area contributed by atoms with Gasteiger partial charge in [-0.3, -0.25) is 0 Å². The summed E-state index contributed by atoms with van der Waals surface area (Å²) in [5.41, 5.74) is 0. The van der Waals surface area contributed by atoms with E-state index in [0.717, 1.165) is 28.1 Å². The average Bonchev–Trinajstić information content (AvgIpc) is 2.68. The van der Waals surface area contributed by atoms with Crippen LogP contribution in [-0.2, 0) is 14.8 Å². The number of thiophene rings is 1. The first kappa shape index (κ1) is 17.1. The van der Waals surface area contributed by atoms with Crippen LogP contribution in [0.4, 0.5) is 0 Å². The van der Waals surface area contributed by atoms with Crippen LogP contribution in [0.1, 0.15) is 31.1 Å². The van der Waals surface area contributed by atoms with Gasteiger partial charge in [-0.2, -0.15) is 0 Å². The lowest BCUT2D eigenvalue weighted by atomic mass is 10.4. The largest absolute Gasteiger partial charge is 0.381 e. The first-order chi connectivity index (χ1) is 8.97. The highest BCUT2D eigenvalue weighted by Gasteiger charge is 2.18. The molecule has 0 aromatic carbocycles. The summed E-state index contributed by atoms with van der Waals surface area (Å²) in [6.45, 7) is 5.66. The number of sulfonamides is 1. The second kappa shape index (κ2) is 8.36. The fourth-order valence-electron chi connectivity index (χ4n) is 1.50. The monoisotopic (exact) mass is 369 g/mol. The van der Waals surface area contributed by atoms with Gasteiger partial charge in [0.05, 0.1) is 8.68 Å². The average molecular weight is 370 g/mol. The minimum Gasteiger partial charge on any atom is -0.381 e. The Hall–Kier alpha value is 0.0500. The molecule has 0 unspecified atom stereocenters. The Morgan fingerprint density at radius 3 is 2.63 bits per heavy atom. The third-order valence-electron chi connectivity index (χ3n) is 2.53. The molecule has 0 saturated carbocycles. The van der Waals surface area contributed by atoms with Crippen LogP contribution < -0.4 is 4.72 Å². The lowest BCUT2D eigenvalue weighted by Gasteiger charge is -2.06. The van der Waals surface area contributed by atoms with Crippen molar-refractivity contribution in [3.8, 4) is 0 Å². The summed E-state index contributed by atoms with van der Waals surface area (Å²) in [7, 11) is -3.39. The maximum atomic E-state index is 12.0. The highest BCUT2D eigenvalue weighted by molar-refractivity contribution is 9.11. The van der Waals surface area contributed by atoms with E-state index in [0.29, 0.717) is 24.5 Å². The van der Waals surface area contributed by atoms with Gasteiger partial charge in [0.15, 0.2) is 0 Å². The number of halogens is 1. The molecule has 1 aromatic heterocycles. The van der Waals surface area contributed by atoms with Crippen molar-refractivity contribution in [2.24, 2.45) is 0 Å². The summed E-state index contributed by atoms with van der Waals surface area (Å²) in [6.07, 6.45) is 2.85. The van der Waals surface area contributed by atoms with Crippen molar-refractivity contribution in [3.05, 3.63) is 14.7 Å². The Labute approximate surface area is 127 Å². The number of unbranched alkanes of at least 4 members (excludes halogenated alkanes) is 1. The quantitative estimate of drug-likeness (QED) is 0.679. The van der Waals surface area contributed by atoms with Crippen LogP contribution in [0.25, 0.3) is 0 Å². The van der Waals surface area contributed by atoms with Crippen molar-refractivity contribution in [1.29, 1.82) is 0 Å². The fourth-order valence-corrected chi connectivity index (χ4v) is 4.99. The van der Waals surface area contributed by atoms with Crippen LogP contribution in [-0.4, -0.2) is 28.2 Å². The van der Waals surface area contributed by atoms with Crippen molar-refractivity contribution < 1.29 is 13.2 Å². The molecule has 1 heterocycles. The molecule has 0 fully saturated rings. The molecule has 0 saturated heterocycles. The highest BCUT2D eigenvalue weighted by Crippen LogP contribution is 2.29. The molecule has 0 spiro atoms. The number of hydrogen-bond donors (Lipinski definition) is 1. The molecule has 1 N–H and O–H groups in total. The second-order valence-corrected chi connectivity index (χ2v) is 8.56. The van der Waals surface area contributed by atoms with Crippen molar-refractivity contribution in [2.45, 2.75) is 38.0 Å². The molecule has 1 aromatic rings. The van der Waals surface area contributed by atoms with Crippen LogP contribution in [0.2, 0.25) is 0 Å². The lowest BCUT2D eigenvalue weighted by Crippen LogP contribution is -2.25. The van der Waals surface area contributed by atoms with Crippen LogP contribution in [0.5, 0.6) is 0 Å². The Bertz CT molecular complexity index is 485. The SMILES string of the molecule is CCCCOCCCNS(=O)(=O)c1cc(Br)sc1C. The first-order valence-corrected chi connectivity index (χ1v) is 9.40. The molecule has 19 heavy (non-hydrogen) atoms. The molecule has 0 radical (unpaired) electrons. The molecule has 7 heteroatoms. The summed E-state index contributed by atoms with van der Waals surface area (Å²) in [5, 5.41) is 0. The van der Waals surface area contributed by atoms with E-state index >= 15 is 0 Å². The van der Waals surface area contributed by atoms with Crippen molar-refractivity contribution >= 4 is 37.3 Å². The van der Waals surface area contributed by atoms with E-state index in [1.807, 2.05) is 0 Å². The predicted molar refractivity (Wildman–Crippen MR) is 82.3 cm³/mol. The van der Waals surface area contributed by atoms with Gasteiger partial charge in [0.25, 0.3) is 0 Å². The van der Waals surface area contributed by atoms with Gasteiger partial charge in [-0.1, -0.05) is 13.3 Å². The maximum Gasteiger partial charge on any atom is 0.241 e. The molecule has 0 atom stereocenters. The second-order valence-electron chi connectivity index (χ2n) is 4.19. The summed E-state index contributed by atoms with van der Waals surface area (Å²) in [5.74, 6) is 0. The topological polar surface area (TPSA) is 55.4 Å². The van der Waals surface area contributed by atoms with Gasteiger partial charge in [-0.15, -0.1) is 11.3 Å². The molecule has 110 valence electrons. The van der Waals surface area contributed by atoms with Crippen molar-refractivity contribution in [3.63, 3.8) is 0 Å². The van der Waals surface area contributed by atoms with Crippen LogP contribution in [0, 0.1) is 6.92 Å². The first-order valence-electron chi connectivity index (χ1n) is 6.30. The van der Waals surface area contributed by atoms with E-state index in [-0.39, 0.29) is 0 Å². The number of hydrogen-bond acceptors (Lipinski definition) is 4. The standard InChI is InChI=1S/C12H20BrNO3S2/c1-3-4-7-17-8-5-6-14-19(15,16)11-9-12(13)18-10(11)2/h9,14H,3-8H2,1-2H3. The van der Waals surface area contributed by atoms with Crippen LogP contribution >= 0.6 is 27.3 Å². The molecular formula is C12H20BrNO3S2. The van der Waals surface area contributed by atoms with E-state index in [1.54, 1.807) is 13.0 Å². The fraction of sp³-hybridized carbons (Fsp3) is 0.667. The lowest BCUT2D eigenvalue weighted by molar-refractivity contribution is 0.130. The van der Waals surface area contributed by atoms with E-state index in [1.165, 1.54) is 11.3 Å². The Morgan fingerprint density at radius 1 is 1.37 bits per heavy atom. The molecule has 4 nitrogen and oxygen atoms in total.